The Hall–Kier alpha value is -2.20. The first-order chi connectivity index (χ1) is 11.7. The smallest absolute Gasteiger partial charge is 0.255 e. The lowest BCUT2D eigenvalue weighted by molar-refractivity contribution is -0.118. The molecule has 0 atom stereocenters. The van der Waals surface area contributed by atoms with Crippen LogP contribution in [-0.4, -0.2) is 45.4 Å². The summed E-state index contributed by atoms with van der Waals surface area (Å²) in [6.45, 7) is 6.30. The third-order valence-corrected chi connectivity index (χ3v) is 4.98. The Balaban J connectivity index is 1.98. The number of hydrogen-bond donors (Lipinski definition) is 1. The van der Waals surface area contributed by atoms with E-state index in [4.69, 9.17) is 11.6 Å². The SMILES string of the molecule is CCn1ncc(C(C)=NNC(=O)CS(=O)(=O)Cn2cc(Cl)cn2)c1C. The fourth-order valence-corrected chi connectivity index (χ4v) is 3.47. The zero-order valence-corrected chi connectivity index (χ0v) is 15.7. The summed E-state index contributed by atoms with van der Waals surface area (Å²) in [4.78, 5) is 11.9. The molecule has 0 radical (unpaired) electrons. The van der Waals surface area contributed by atoms with Crippen molar-refractivity contribution in [3.05, 3.63) is 34.9 Å². The molecule has 2 heterocycles. The topological polar surface area (TPSA) is 111 Å². The largest absolute Gasteiger partial charge is 0.272 e. The number of sulfone groups is 1. The molecule has 0 unspecified atom stereocenters. The summed E-state index contributed by atoms with van der Waals surface area (Å²) in [6.07, 6.45) is 4.35. The van der Waals surface area contributed by atoms with Crippen LogP contribution in [0.3, 0.4) is 0 Å². The average Bonchev–Trinajstić information content (AvgIpc) is 3.09. The molecule has 2 aromatic heterocycles. The standard InChI is InChI=1S/C14H19ClN6O3S/c1-4-21-11(3)13(6-17-21)10(2)18-19-14(22)8-25(23,24)9-20-7-12(15)5-16-20/h5-7H,4,8-9H2,1-3H3,(H,19,22). The monoisotopic (exact) mass is 386 g/mol. The van der Waals surface area contributed by atoms with Gasteiger partial charge < -0.3 is 0 Å². The van der Waals surface area contributed by atoms with E-state index in [1.165, 1.54) is 12.4 Å². The Morgan fingerprint density at radius 3 is 2.64 bits per heavy atom. The Kier molecular flexibility index (Phi) is 5.96. The number of aryl methyl sites for hydroxylation is 1. The van der Waals surface area contributed by atoms with Crippen molar-refractivity contribution in [3.63, 3.8) is 0 Å². The van der Waals surface area contributed by atoms with Gasteiger partial charge in [-0.15, -0.1) is 0 Å². The fraction of sp³-hybridized carbons (Fsp3) is 0.429. The van der Waals surface area contributed by atoms with Crippen LogP contribution in [0.5, 0.6) is 0 Å². The maximum Gasteiger partial charge on any atom is 0.255 e. The van der Waals surface area contributed by atoms with Crippen molar-refractivity contribution in [2.24, 2.45) is 5.10 Å². The molecule has 136 valence electrons. The second-order valence-corrected chi connectivity index (χ2v) is 7.88. The van der Waals surface area contributed by atoms with Crippen LogP contribution < -0.4 is 5.43 Å². The van der Waals surface area contributed by atoms with Crippen molar-refractivity contribution in [2.45, 2.75) is 33.2 Å². The second kappa shape index (κ2) is 7.79. The van der Waals surface area contributed by atoms with E-state index in [1.807, 2.05) is 13.8 Å². The lowest BCUT2D eigenvalue weighted by Crippen LogP contribution is -2.29. The number of hydrazone groups is 1. The highest BCUT2D eigenvalue weighted by atomic mass is 35.5. The maximum absolute atomic E-state index is 12.0. The highest BCUT2D eigenvalue weighted by Gasteiger charge is 2.18. The Morgan fingerprint density at radius 1 is 1.36 bits per heavy atom. The molecule has 2 rings (SSSR count). The number of rotatable bonds is 7. The number of carbonyl (C=O) groups excluding carboxylic acids is 1. The Morgan fingerprint density at radius 2 is 2.08 bits per heavy atom. The molecule has 0 bridgehead atoms. The molecule has 0 aliphatic rings. The van der Waals surface area contributed by atoms with Crippen LogP contribution in [0, 0.1) is 6.92 Å². The van der Waals surface area contributed by atoms with E-state index in [9.17, 15) is 13.2 Å². The van der Waals surface area contributed by atoms with Crippen molar-refractivity contribution >= 4 is 33.1 Å². The zero-order chi connectivity index (χ0) is 18.6. The van der Waals surface area contributed by atoms with Crippen LogP contribution in [0.25, 0.3) is 0 Å². The van der Waals surface area contributed by atoms with Gasteiger partial charge in [-0.05, 0) is 20.8 Å². The molecule has 1 amide bonds. The number of nitrogens with zero attached hydrogens (tertiary/aromatic N) is 5. The molecule has 0 aromatic carbocycles. The predicted molar refractivity (Wildman–Crippen MR) is 94.0 cm³/mol. The molecule has 1 N–H and O–H groups in total. The number of hydrogen-bond acceptors (Lipinski definition) is 6. The summed E-state index contributed by atoms with van der Waals surface area (Å²) in [5, 5.41) is 12.3. The van der Waals surface area contributed by atoms with Gasteiger partial charge in [0.1, 0.15) is 11.6 Å². The van der Waals surface area contributed by atoms with Crippen LogP contribution in [0.2, 0.25) is 5.02 Å². The lowest BCUT2D eigenvalue weighted by Gasteiger charge is -2.05. The maximum atomic E-state index is 12.0. The van der Waals surface area contributed by atoms with Crippen LogP contribution in [0.15, 0.2) is 23.7 Å². The fourth-order valence-electron chi connectivity index (χ4n) is 2.22. The van der Waals surface area contributed by atoms with E-state index in [1.54, 1.807) is 17.8 Å². The number of carbonyl (C=O) groups is 1. The van der Waals surface area contributed by atoms with Gasteiger partial charge in [0.05, 0.1) is 23.1 Å². The molecule has 0 saturated heterocycles. The van der Waals surface area contributed by atoms with Crippen molar-refractivity contribution in [1.82, 2.24) is 25.0 Å². The molecule has 25 heavy (non-hydrogen) atoms. The molecule has 0 aliphatic carbocycles. The van der Waals surface area contributed by atoms with E-state index in [2.05, 4.69) is 20.7 Å². The van der Waals surface area contributed by atoms with E-state index in [-0.39, 0.29) is 0 Å². The quantitative estimate of drug-likeness (QED) is 0.563. The predicted octanol–water partition coefficient (Wildman–Crippen LogP) is 0.974. The molecule has 0 aliphatic heterocycles. The average molecular weight is 387 g/mol. The number of aromatic nitrogens is 4. The summed E-state index contributed by atoms with van der Waals surface area (Å²) in [7, 11) is -3.70. The van der Waals surface area contributed by atoms with Gasteiger partial charge in [-0.25, -0.2) is 13.8 Å². The van der Waals surface area contributed by atoms with Gasteiger partial charge >= 0.3 is 0 Å². The first kappa shape index (κ1) is 19.1. The molecule has 0 saturated carbocycles. The van der Waals surface area contributed by atoms with Gasteiger partial charge in [-0.3, -0.25) is 14.2 Å². The highest BCUT2D eigenvalue weighted by molar-refractivity contribution is 7.91. The zero-order valence-electron chi connectivity index (χ0n) is 14.1. The normalized spacial score (nSPS) is 12.4. The first-order valence-corrected chi connectivity index (χ1v) is 9.66. The van der Waals surface area contributed by atoms with Crippen LogP contribution in [-0.2, 0) is 27.1 Å². The van der Waals surface area contributed by atoms with Crippen molar-refractivity contribution < 1.29 is 13.2 Å². The lowest BCUT2D eigenvalue weighted by atomic mass is 10.2. The Bertz CT molecular complexity index is 900. The number of halogens is 1. The third-order valence-electron chi connectivity index (χ3n) is 3.42. The molecule has 0 spiro atoms. The molecular weight excluding hydrogens is 368 g/mol. The summed E-state index contributed by atoms with van der Waals surface area (Å²) < 4.78 is 27.0. The molecular formula is C14H19ClN6O3S. The summed E-state index contributed by atoms with van der Waals surface area (Å²) in [5.74, 6) is -1.86. The summed E-state index contributed by atoms with van der Waals surface area (Å²) in [5.41, 5.74) is 4.51. The van der Waals surface area contributed by atoms with Crippen molar-refractivity contribution in [3.8, 4) is 0 Å². The molecule has 2 aromatic rings. The Labute approximate surface area is 150 Å². The number of amides is 1. The van der Waals surface area contributed by atoms with Gasteiger partial charge in [0.2, 0.25) is 0 Å². The van der Waals surface area contributed by atoms with Gasteiger partial charge in [0.15, 0.2) is 9.84 Å². The minimum Gasteiger partial charge on any atom is -0.272 e. The minimum absolute atomic E-state index is 0.322. The minimum atomic E-state index is -3.70. The third kappa shape index (κ3) is 5.13. The van der Waals surface area contributed by atoms with Gasteiger partial charge in [-0.1, -0.05) is 11.6 Å². The van der Waals surface area contributed by atoms with Gasteiger partial charge in [-0.2, -0.15) is 15.3 Å². The van der Waals surface area contributed by atoms with E-state index in [0.29, 0.717) is 10.7 Å². The van der Waals surface area contributed by atoms with Crippen LogP contribution in [0.1, 0.15) is 25.1 Å². The van der Waals surface area contributed by atoms with E-state index < -0.39 is 27.4 Å². The van der Waals surface area contributed by atoms with Gasteiger partial charge in [0, 0.05) is 24.0 Å². The number of nitrogens with one attached hydrogen (secondary N) is 1. The van der Waals surface area contributed by atoms with E-state index in [0.717, 1.165) is 22.5 Å². The molecule has 11 heteroatoms. The van der Waals surface area contributed by atoms with Crippen molar-refractivity contribution in [2.75, 3.05) is 5.75 Å². The van der Waals surface area contributed by atoms with Gasteiger partial charge in [0.25, 0.3) is 5.91 Å². The van der Waals surface area contributed by atoms with Crippen LogP contribution >= 0.6 is 11.6 Å². The van der Waals surface area contributed by atoms with Crippen LogP contribution in [0.4, 0.5) is 0 Å². The molecule has 9 nitrogen and oxygen atoms in total. The second-order valence-electron chi connectivity index (χ2n) is 5.41. The molecule has 0 fully saturated rings. The first-order valence-electron chi connectivity index (χ1n) is 7.46. The summed E-state index contributed by atoms with van der Waals surface area (Å²) in [6, 6.07) is 0. The summed E-state index contributed by atoms with van der Waals surface area (Å²) >= 11 is 5.68. The van der Waals surface area contributed by atoms with E-state index >= 15 is 0 Å². The highest BCUT2D eigenvalue weighted by Crippen LogP contribution is 2.08. The van der Waals surface area contributed by atoms with Crippen molar-refractivity contribution in [1.29, 1.82) is 0 Å².